The van der Waals surface area contributed by atoms with Gasteiger partial charge in [0.15, 0.2) is 5.96 Å². The van der Waals surface area contributed by atoms with Crippen LogP contribution in [0.1, 0.15) is 51.1 Å². The zero-order chi connectivity index (χ0) is 17.5. The van der Waals surface area contributed by atoms with Crippen molar-refractivity contribution in [1.82, 2.24) is 20.5 Å². The number of aliphatic imine (C=N–C) groups is 1. The zero-order valence-electron chi connectivity index (χ0n) is 15.8. The van der Waals surface area contributed by atoms with E-state index in [0.717, 1.165) is 50.7 Å². The van der Waals surface area contributed by atoms with Gasteiger partial charge in [-0.3, -0.25) is 14.9 Å². The summed E-state index contributed by atoms with van der Waals surface area (Å²) in [5, 5.41) is 7.19. The summed E-state index contributed by atoms with van der Waals surface area (Å²) >= 11 is 0. The lowest BCUT2D eigenvalue weighted by atomic mass is 9.89. The number of aromatic nitrogens is 1. The molecule has 0 amide bonds. The third-order valence-electron chi connectivity index (χ3n) is 5.76. The maximum atomic E-state index is 4.44. The highest BCUT2D eigenvalue weighted by molar-refractivity contribution is 5.80. The molecule has 0 spiro atoms. The molecule has 0 bridgehead atoms. The predicted molar refractivity (Wildman–Crippen MR) is 104 cm³/mol. The van der Waals surface area contributed by atoms with Crippen molar-refractivity contribution in [2.24, 2.45) is 10.4 Å². The molecule has 1 aromatic heterocycles. The molecular formula is C20H33N5. The van der Waals surface area contributed by atoms with Crippen LogP contribution in [0.5, 0.6) is 0 Å². The number of guanidine groups is 1. The van der Waals surface area contributed by atoms with Gasteiger partial charge >= 0.3 is 0 Å². The molecule has 1 aromatic rings. The average Bonchev–Trinajstić information content (AvgIpc) is 3.08. The number of likely N-dealkylation sites (tertiary alicyclic amines) is 1. The second kappa shape index (κ2) is 8.65. The minimum absolute atomic E-state index is 0.448. The standard InChI is InChI=1S/C20H33N5/c1-20(10-4-5-11-20)16-23-19(21-2)24-17-8-13-25(14-9-17)15-18-7-3-6-12-22-18/h3,6-7,12,17H,4-5,8-11,13-16H2,1-2H3,(H2,21,23,24). The van der Waals surface area contributed by atoms with Crippen LogP contribution in [0.25, 0.3) is 0 Å². The third-order valence-corrected chi connectivity index (χ3v) is 5.76. The van der Waals surface area contributed by atoms with Crippen LogP contribution in [0.2, 0.25) is 0 Å². The lowest BCUT2D eigenvalue weighted by molar-refractivity contribution is 0.196. The van der Waals surface area contributed by atoms with E-state index in [1.165, 1.54) is 25.7 Å². The summed E-state index contributed by atoms with van der Waals surface area (Å²) in [4.78, 5) is 11.4. The summed E-state index contributed by atoms with van der Waals surface area (Å²) < 4.78 is 0. The van der Waals surface area contributed by atoms with Crippen LogP contribution < -0.4 is 10.6 Å². The van der Waals surface area contributed by atoms with Gasteiger partial charge in [-0.05, 0) is 43.2 Å². The quantitative estimate of drug-likeness (QED) is 0.638. The molecule has 1 saturated carbocycles. The lowest BCUT2D eigenvalue weighted by Crippen LogP contribution is -2.50. The van der Waals surface area contributed by atoms with Crippen molar-refractivity contribution in [2.75, 3.05) is 26.7 Å². The van der Waals surface area contributed by atoms with Crippen molar-refractivity contribution in [2.45, 2.75) is 58.0 Å². The molecule has 1 saturated heterocycles. The smallest absolute Gasteiger partial charge is 0.191 e. The van der Waals surface area contributed by atoms with Gasteiger partial charge in [-0.25, -0.2) is 0 Å². The van der Waals surface area contributed by atoms with Gasteiger partial charge in [-0.15, -0.1) is 0 Å². The lowest BCUT2D eigenvalue weighted by Gasteiger charge is -2.33. The van der Waals surface area contributed by atoms with Crippen molar-refractivity contribution in [3.05, 3.63) is 30.1 Å². The van der Waals surface area contributed by atoms with E-state index in [0.29, 0.717) is 11.5 Å². The van der Waals surface area contributed by atoms with E-state index in [1.54, 1.807) is 0 Å². The Hall–Kier alpha value is -1.62. The van der Waals surface area contributed by atoms with Gasteiger partial charge in [0, 0.05) is 45.5 Å². The second-order valence-electron chi connectivity index (χ2n) is 7.96. The number of piperidine rings is 1. The molecule has 2 N–H and O–H groups in total. The average molecular weight is 344 g/mol. The van der Waals surface area contributed by atoms with Crippen LogP contribution >= 0.6 is 0 Å². The van der Waals surface area contributed by atoms with Crippen molar-refractivity contribution in [1.29, 1.82) is 0 Å². The minimum Gasteiger partial charge on any atom is -0.356 e. The van der Waals surface area contributed by atoms with Gasteiger partial charge in [0.25, 0.3) is 0 Å². The summed E-state index contributed by atoms with van der Waals surface area (Å²) in [6.07, 6.45) is 9.61. The Labute approximate surface area is 152 Å². The van der Waals surface area contributed by atoms with Crippen molar-refractivity contribution in [3.63, 3.8) is 0 Å². The first-order chi connectivity index (χ1) is 12.2. The normalized spacial score (nSPS) is 22.1. The number of pyridine rings is 1. The van der Waals surface area contributed by atoms with Crippen LogP contribution in [0, 0.1) is 5.41 Å². The highest BCUT2D eigenvalue weighted by Crippen LogP contribution is 2.36. The van der Waals surface area contributed by atoms with E-state index in [1.807, 2.05) is 19.3 Å². The van der Waals surface area contributed by atoms with Crippen molar-refractivity contribution < 1.29 is 0 Å². The Morgan fingerprint density at radius 2 is 2.04 bits per heavy atom. The molecule has 1 aliphatic heterocycles. The zero-order valence-corrected chi connectivity index (χ0v) is 15.8. The molecule has 0 aromatic carbocycles. The second-order valence-corrected chi connectivity index (χ2v) is 7.96. The van der Waals surface area contributed by atoms with Gasteiger partial charge in [0.05, 0.1) is 5.69 Å². The molecule has 2 aliphatic rings. The van der Waals surface area contributed by atoms with Gasteiger partial charge in [-0.1, -0.05) is 25.8 Å². The first-order valence-corrected chi connectivity index (χ1v) is 9.76. The van der Waals surface area contributed by atoms with E-state index >= 15 is 0 Å². The van der Waals surface area contributed by atoms with Gasteiger partial charge in [0.1, 0.15) is 0 Å². The predicted octanol–water partition coefficient (Wildman–Crippen LogP) is 2.79. The molecule has 5 heteroatoms. The molecule has 0 radical (unpaired) electrons. The highest BCUT2D eigenvalue weighted by atomic mass is 15.2. The van der Waals surface area contributed by atoms with Gasteiger partial charge in [-0.2, -0.15) is 0 Å². The number of rotatable bonds is 5. The monoisotopic (exact) mass is 343 g/mol. The number of hydrogen-bond acceptors (Lipinski definition) is 3. The van der Waals surface area contributed by atoms with E-state index in [4.69, 9.17) is 0 Å². The fourth-order valence-corrected chi connectivity index (χ4v) is 4.05. The van der Waals surface area contributed by atoms with Crippen LogP contribution in [-0.4, -0.2) is 48.6 Å². The van der Waals surface area contributed by atoms with E-state index in [-0.39, 0.29) is 0 Å². The maximum absolute atomic E-state index is 4.44. The molecule has 1 aliphatic carbocycles. The Bertz CT molecular complexity index is 542. The van der Waals surface area contributed by atoms with Crippen molar-refractivity contribution in [3.8, 4) is 0 Å². The van der Waals surface area contributed by atoms with Crippen LogP contribution in [0.3, 0.4) is 0 Å². The number of hydrogen-bond donors (Lipinski definition) is 2. The summed E-state index contributed by atoms with van der Waals surface area (Å²) in [6, 6.07) is 6.67. The molecule has 0 atom stereocenters. The topological polar surface area (TPSA) is 52.6 Å². The maximum Gasteiger partial charge on any atom is 0.191 e. The Morgan fingerprint density at radius 1 is 1.28 bits per heavy atom. The van der Waals surface area contributed by atoms with Gasteiger partial charge in [0.2, 0.25) is 0 Å². The third kappa shape index (κ3) is 5.43. The molecule has 0 unspecified atom stereocenters. The molecule has 2 fully saturated rings. The molecular weight excluding hydrogens is 310 g/mol. The first kappa shape index (κ1) is 18.2. The van der Waals surface area contributed by atoms with E-state index < -0.39 is 0 Å². The van der Waals surface area contributed by atoms with E-state index in [2.05, 4.69) is 44.6 Å². The fourth-order valence-electron chi connectivity index (χ4n) is 4.05. The van der Waals surface area contributed by atoms with Crippen LogP contribution in [0.4, 0.5) is 0 Å². The number of nitrogens with zero attached hydrogens (tertiary/aromatic N) is 3. The van der Waals surface area contributed by atoms with Crippen molar-refractivity contribution >= 4 is 5.96 Å². The van der Waals surface area contributed by atoms with Crippen LogP contribution in [0.15, 0.2) is 29.4 Å². The minimum atomic E-state index is 0.448. The Balaban J connectivity index is 1.40. The molecule has 138 valence electrons. The summed E-state index contributed by atoms with van der Waals surface area (Å²) in [5.41, 5.74) is 1.61. The summed E-state index contributed by atoms with van der Waals surface area (Å²) in [6.45, 7) is 6.62. The molecule has 25 heavy (non-hydrogen) atoms. The summed E-state index contributed by atoms with van der Waals surface area (Å²) in [7, 11) is 1.88. The fraction of sp³-hybridized carbons (Fsp3) is 0.700. The Morgan fingerprint density at radius 3 is 2.68 bits per heavy atom. The first-order valence-electron chi connectivity index (χ1n) is 9.76. The van der Waals surface area contributed by atoms with Crippen LogP contribution in [-0.2, 0) is 6.54 Å². The number of nitrogens with one attached hydrogen (secondary N) is 2. The van der Waals surface area contributed by atoms with Gasteiger partial charge < -0.3 is 10.6 Å². The molecule has 5 nitrogen and oxygen atoms in total. The molecule has 2 heterocycles. The largest absolute Gasteiger partial charge is 0.356 e. The molecule has 3 rings (SSSR count). The SMILES string of the molecule is CN=C(NCC1(C)CCCC1)NC1CCN(Cc2ccccn2)CC1. The van der Waals surface area contributed by atoms with E-state index in [9.17, 15) is 0 Å². The highest BCUT2D eigenvalue weighted by Gasteiger charge is 2.29. The summed E-state index contributed by atoms with van der Waals surface area (Å²) in [5.74, 6) is 0.969. The Kier molecular flexibility index (Phi) is 6.29.